The molecule has 3 aliphatic carbocycles. The van der Waals surface area contributed by atoms with Crippen LogP contribution in [-0.4, -0.2) is 23.0 Å². The van der Waals surface area contributed by atoms with Crippen LogP contribution in [-0.2, 0) is 9.59 Å². The summed E-state index contributed by atoms with van der Waals surface area (Å²) in [5.74, 6) is 0.992. The Morgan fingerprint density at radius 3 is 2.70 bits per heavy atom. The second kappa shape index (κ2) is 4.84. The summed E-state index contributed by atoms with van der Waals surface area (Å²) in [7, 11) is 0. The van der Waals surface area contributed by atoms with Crippen LogP contribution in [0.4, 0.5) is 0 Å². The Labute approximate surface area is 137 Å². The van der Waals surface area contributed by atoms with Crippen LogP contribution < -0.4 is 5.32 Å². The van der Waals surface area contributed by atoms with Gasteiger partial charge < -0.3 is 10.4 Å². The van der Waals surface area contributed by atoms with Crippen LogP contribution in [0.25, 0.3) is 0 Å². The van der Waals surface area contributed by atoms with Gasteiger partial charge in [0.15, 0.2) is 0 Å². The minimum atomic E-state index is -0.599. The second-order valence-corrected chi connectivity index (χ2v) is 8.73. The van der Waals surface area contributed by atoms with Crippen molar-refractivity contribution in [2.75, 3.05) is 0 Å². The molecule has 4 heteroatoms. The van der Waals surface area contributed by atoms with Crippen LogP contribution in [0.5, 0.6) is 0 Å². The minimum absolute atomic E-state index is 0.0299. The number of hydrogen-bond acceptors (Lipinski definition) is 2. The first-order valence-corrected chi connectivity index (χ1v) is 9.09. The molecule has 0 radical (unpaired) electrons. The summed E-state index contributed by atoms with van der Waals surface area (Å²) in [4.78, 5) is 23.4. The van der Waals surface area contributed by atoms with E-state index in [2.05, 4.69) is 25.2 Å². The van der Waals surface area contributed by atoms with E-state index in [9.17, 15) is 14.7 Å². The third-order valence-corrected chi connectivity index (χ3v) is 7.98. The zero-order valence-corrected chi connectivity index (χ0v) is 14.0. The van der Waals surface area contributed by atoms with Crippen molar-refractivity contribution in [1.29, 1.82) is 0 Å². The van der Waals surface area contributed by atoms with Gasteiger partial charge in [-0.1, -0.05) is 19.9 Å². The zero-order chi connectivity index (χ0) is 16.4. The molecule has 4 rings (SSSR count). The monoisotopic (exact) mass is 317 g/mol. The first-order valence-electron chi connectivity index (χ1n) is 9.09. The maximum absolute atomic E-state index is 11.7. The van der Waals surface area contributed by atoms with Crippen LogP contribution in [0.1, 0.15) is 52.4 Å². The van der Waals surface area contributed by atoms with Crippen LogP contribution >= 0.6 is 0 Å². The molecule has 2 N–H and O–H groups in total. The van der Waals surface area contributed by atoms with E-state index < -0.39 is 5.97 Å². The van der Waals surface area contributed by atoms with E-state index in [1.54, 1.807) is 6.08 Å². The summed E-state index contributed by atoms with van der Waals surface area (Å²) in [6, 6.07) is 0.252. The van der Waals surface area contributed by atoms with E-state index in [-0.39, 0.29) is 28.7 Å². The van der Waals surface area contributed by atoms with Gasteiger partial charge in [-0.05, 0) is 67.8 Å². The molecule has 0 spiro atoms. The smallest absolute Gasteiger partial charge is 0.307 e. The van der Waals surface area contributed by atoms with Gasteiger partial charge >= 0.3 is 5.97 Å². The molecular weight excluding hydrogens is 290 g/mol. The fourth-order valence-corrected chi connectivity index (χ4v) is 6.74. The molecule has 1 heterocycles. The minimum Gasteiger partial charge on any atom is -0.481 e. The number of carbonyl (C=O) groups excluding carboxylic acids is 1. The van der Waals surface area contributed by atoms with Gasteiger partial charge in [-0.25, -0.2) is 0 Å². The molecule has 7 atom stereocenters. The molecular formula is C19H27NO3. The van der Waals surface area contributed by atoms with Crippen molar-refractivity contribution in [2.45, 2.75) is 58.4 Å². The third-order valence-electron chi connectivity index (χ3n) is 7.98. The molecule has 0 bridgehead atoms. The Hall–Kier alpha value is -1.32. The molecule has 0 saturated heterocycles. The summed E-state index contributed by atoms with van der Waals surface area (Å²) >= 11 is 0. The lowest BCUT2D eigenvalue weighted by molar-refractivity contribution is -0.150. The average Bonchev–Trinajstić information content (AvgIpc) is 2.85. The molecule has 23 heavy (non-hydrogen) atoms. The highest BCUT2D eigenvalue weighted by Gasteiger charge is 2.60. The molecule has 1 aliphatic heterocycles. The van der Waals surface area contributed by atoms with Crippen molar-refractivity contribution < 1.29 is 14.7 Å². The molecule has 0 aromatic carbocycles. The predicted octanol–water partition coefficient (Wildman–Crippen LogP) is 2.98. The van der Waals surface area contributed by atoms with Crippen molar-refractivity contribution in [2.24, 2.45) is 34.5 Å². The first-order chi connectivity index (χ1) is 10.9. The fraction of sp³-hybridized carbons (Fsp3) is 0.789. The third kappa shape index (κ3) is 1.96. The molecule has 1 unspecified atom stereocenters. The normalized spacial score (nSPS) is 51.4. The highest BCUT2D eigenvalue weighted by Crippen LogP contribution is 2.64. The number of amides is 1. The van der Waals surface area contributed by atoms with Gasteiger partial charge in [-0.15, -0.1) is 0 Å². The van der Waals surface area contributed by atoms with E-state index in [4.69, 9.17) is 0 Å². The number of aliphatic carboxylic acids is 1. The molecule has 4 nitrogen and oxygen atoms in total. The van der Waals surface area contributed by atoms with E-state index in [0.717, 1.165) is 38.5 Å². The first kappa shape index (κ1) is 15.2. The Morgan fingerprint density at radius 1 is 1.17 bits per heavy atom. The Balaban J connectivity index is 1.66. The molecule has 4 aliphatic rings. The average molecular weight is 317 g/mol. The van der Waals surface area contributed by atoms with Crippen LogP contribution in [0, 0.1) is 34.5 Å². The topological polar surface area (TPSA) is 66.4 Å². The maximum Gasteiger partial charge on any atom is 0.307 e. The van der Waals surface area contributed by atoms with Crippen molar-refractivity contribution in [3.8, 4) is 0 Å². The Kier molecular flexibility index (Phi) is 3.20. The predicted molar refractivity (Wildman–Crippen MR) is 86.6 cm³/mol. The number of hydrogen-bond donors (Lipinski definition) is 2. The fourth-order valence-electron chi connectivity index (χ4n) is 6.74. The second-order valence-electron chi connectivity index (χ2n) is 8.73. The van der Waals surface area contributed by atoms with Crippen molar-refractivity contribution in [1.82, 2.24) is 5.32 Å². The summed E-state index contributed by atoms with van der Waals surface area (Å²) in [6.07, 6.45) is 10.0. The molecule has 0 aromatic heterocycles. The summed E-state index contributed by atoms with van der Waals surface area (Å²) in [5.41, 5.74) is 0.0112. The number of nitrogens with one attached hydrogen (secondary N) is 1. The number of rotatable bonds is 1. The van der Waals surface area contributed by atoms with Crippen LogP contribution in [0.3, 0.4) is 0 Å². The number of fused-ring (bicyclic) bond motifs is 5. The van der Waals surface area contributed by atoms with E-state index in [0.29, 0.717) is 17.8 Å². The van der Waals surface area contributed by atoms with E-state index in [1.807, 2.05) is 0 Å². The molecule has 3 saturated carbocycles. The highest BCUT2D eigenvalue weighted by molar-refractivity contribution is 5.89. The van der Waals surface area contributed by atoms with Crippen molar-refractivity contribution in [3.05, 3.63) is 12.2 Å². The SMILES string of the molecule is C[C@]12C=CC(=O)N[C@H]1CC[C@@H]1[C@@H]2CC[C@]2(C)C(C(=O)O)CC[C@@H]12. The molecule has 126 valence electrons. The van der Waals surface area contributed by atoms with Gasteiger partial charge in [0.1, 0.15) is 0 Å². The lowest BCUT2D eigenvalue weighted by Gasteiger charge is -2.58. The summed E-state index contributed by atoms with van der Waals surface area (Å²) in [5, 5.41) is 12.8. The molecule has 0 aromatic rings. The van der Waals surface area contributed by atoms with E-state index in [1.165, 1.54) is 0 Å². The lowest BCUT2D eigenvalue weighted by Crippen LogP contribution is -2.59. The number of carbonyl (C=O) groups is 2. The van der Waals surface area contributed by atoms with E-state index >= 15 is 0 Å². The van der Waals surface area contributed by atoms with Gasteiger partial charge in [0.05, 0.1) is 5.92 Å². The summed E-state index contributed by atoms with van der Waals surface area (Å²) < 4.78 is 0. The Morgan fingerprint density at radius 2 is 1.96 bits per heavy atom. The zero-order valence-electron chi connectivity index (χ0n) is 14.0. The largest absolute Gasteiger partial charge is 0.481 e. The van der Waals surface area contributed by atoms with Gasteiger partial charge in [0, 0.05) is 11.5 Å². The number of carboxylic acids is 1. The highest BCUT2D eigenvalue weighted by atomic mass is 16.4. The van der Waals surface area contributed by atoms with Crippen molar-refractivity contribution in [3.63, 3.8) is 0 Å². The standard InChI is InChI=1S/C19H27NO3/c1-18-9-7-13-11(12(18)4-5-14(18)17(22)23)3-6-15-19(13,2)10-8-16(21)20-15/h8,10-15H,3-7,9H2,1-2H3,(H,20,21)(H,22,23)/t11-,12-,13-,14?,15-,18-,19+/m0/s1. The van der Waals surface area contributed by atoms with Crippen molar-refractivity contribution >= 4 is 11.9 Å². The number of carboxylic acid groups (broad SMARTS) is 1. The van der Waals surface area contributed by atoms with Crippen LogP contribution in [0.15, 0.2) is 12.2 Å². The van der Waals surface area contributed by atoms with Crippen LogP contribution in [0.2, 0.25) is 0 Å². The maximum atomic E-state index is 11.7. The van der Waals surface area contributed by atoms with Gasteiger partial charge in [-0.2, -0.15) is 0 Å². The Bertz CT molecular complexity index is 585. The quantitative estimate of drug-likeness (QED) is 0.781. The van der Waals surface area contributed by atoms with Gasteiger partial charge in [-0.3, -0.25) is 9.59 Å². The molecule has 3 fully saturated rings. The van der Waals surface area contributed by atoms with Gasteiger partial charge in [0.2, 0.25) is 5.91 Å². The molecule has 1 amide bonds. The lowest BCUT2D eigenvalue weighted by atomic mass is 9.48. The summed E-state index contributed by atoms with van der Waals surface area (Å²) in [6.45, 7) is 4.53. The van der Waals surface area contributed by atoms with Gasteiger partial charge in [0.25, 0.3) is 0 Å².